The third kappa shape index (κ3) is 7.81. The highest BCUT2D eigenvalue weighted by atomic mass is 127. The third-order valence-electron chi connectivity index (χ3n) is 7.55. The lowest BCUT2D eigenvalue weighted by molar-refractivity contribution is 0.182. The van der Waals surface area contributed by atoms with Crippen LogP contribution in [0.25, 0.3) is 10.9 Å². The predicted molar refractivity (Wildman–Crippen MR) is 172 cm³/mol. The van der Waals surface area contributed by atoms with E-state index in [1.807, 2.05) is 42.5 Å². The maximum Gasteiger partial charge on any atom is 0.248 e. The van der Waals surface area contributed by atoms with Gasteiger partial charge in [-0.25, -0.2) is 0 Å². The van der Waals surface area contributed by atoms with Crippen molar-refractivity contribution in [2.75, 3.05) is 13.1 Å². The quantitative estimate of drug-likeness (QED) is 0.0994. The van der Waals surface area contributed by atoms with Gasteiger partial charge in [0.15, 0.2) is 8.32 Å². The zero-order chi connectivity index (χ0) is 28.0. The van der Waals surface area contributed by atoms with Crippen molar-refractivity contribution in [2.24, 2.45) is 0 Å². The van der Waals surface area contributed by atoms with Crippen molar-refractivity contribution in [2.45, 2.75) is 58.0 Å². The molecule has 0 amide bonds. The molecule has 1 aromatic heterocycles. The topological polar surface area (TPSA) is 63.4 Å². The third-order valence-corrected chi connectivity index (χ3v) is 12.8. The molecule has 1 heterocycles. The number of nitrogens with one attached hydrogen (secondary N) is 2. The molecule has 5 nitrogen and oxygen atoms in total. The highest BCUT2D eigenvalue weighted by Crippen LogP contribution is 2.41. The van der Waals surface area contributed by atoms with Crippen molar-refractivity contribution in [3.63, 3.8) is 0 Å². The van der Waals surface area contributed by atoms with E-state index < -0.39 is 8.32 Å². The molecule has 0 unspecified atom stereocenters. The Balaban J connectivity index is 1.61. The van der Waals surface area contributed by atoms with Crippen LogP contribution in [0.2, 0.25) is 18.1 Å². The standard InChI is InChI=1S/C32H39IN2O3Si/c1-32(2,3)39(4,5)38-29(21-34-20-19-23-11-13-25(33)14-12-23)26-15-17-28(31-27(26)16-18-30(36)35-31)37-22-24-9-7-6-8-10-24/h6-18,29,34H,19-22H2,1-5H3,(H,35,36)/t29-/m1/s1. The van der Waals surface area contributed by atoms with Gasteiger partial charge < -0.3 is 19.5 Å². The minimum absolute atomic E-state index is 0.0648. The molecule has 1 atom stereocenters. The van der Waals surface area contributed by atoms with Crippen molar-refractivity contribution in [1.29, 1.82) is 0 Å². The summed E-state index contributed by atoms with van der Waals surface area (Å²) in [6.07, 6.45) is 0.781. The van der Waals surface area contributed by atoms with Gasteiger partial charge in [0.2, 0.25) is 5.56 Å². The van der Waals surface area contributed by atoms with Crippen LogP contribution in [0.15, 0.2) is 83.7 Å². The fraction of sp³-hybridized carbons (Fsp3) is 0.344. The van der Waals surface area contributed by atoms with E-state index in [-0.39, 0.29) is 16.7 Å². The summed E-state index contributed by atoms with van der Waals surface area (Å²) in [5.74, 6) is 0.660. The Bertz CT molecular complexity index is 1430. The maximum absolute atomic E-state index is 12.4. The predicted octanol–water partition coefficient (Wildman–Crippen LogP) is 7.61. The van der Waals surface area contributed by atoms with E-state index in [1.54, 1.807) is 6.07 Å². The number of rotatable bonds is 11. The van der Waals surface area contributed by atoms with Crippen molar-refractivity contribution < 1.29 is 9.16 Å². The number of fused-ring (bicyclic) bond motifs is 1. The van der Waals surface area contributed by atoms with Crippen LogP contribution >= 0.6 is 22.6 Å². The number of H-pyrrole nitrogens is 1. The van der Waals surface area contributed by atoms with Gasteiger partial charge in [-0.3, -0.25) is 4.79 Å². The van der Waals surface area contributed by atoms with Crippen LogP contribution in [0.1, 0.15) is 43.6 Å². The number of halogens is 1. The van der Waals surface area contributed by atoms with Gasteiger partial charge in [0.05, 0.1) is 11.6 Å². The Labute approximate surface area is 246 Å². The Hall–Kier alpha value is -2.46. The average Bonchev–Trinajstić information content (AvgIpc) is 2.90. The van der Waals surface area contributed by atoms with Crippen LogP contribution in [0, 0.1) is 3.57 Å². The molecule has 7 heteroatoms. The van der Waals surface area contributed by atoms with Gasteiger partial charge in [-0.2, -0.15) is 0 Å². The maximum atomic E-state index is 12.4. The second-order valence-corrected chi connectivity index (χ2v) is 17.5. The first-order valence-corrected chi connectivity index (χ1v) is 17.5. The molecule has 0 aliphatic heterocycles. The number of ether oxygens (including phenoxy) is 1. The van der Waals surface area contributed by atoms with Crippen LogP contribution in [0.5, 0.6) is 5.75 Å². The molecule has 0 spiro atoms. The average molecular weight is 655 g/mol. The highest BCUT2D eigenvalue weighted by Gasteiger charge is 2.39. The molecule has 0 aliphatic rings. The lowest BCUT2D eigenvalue weighted by Gasteiger charge is -2.39. The Morgan fingerprint density at radius 3 is 2.33 bits per heavy atom. The van der Waals surface area contributed by atoms with Gasteiger partial charge in [0.25, 0.3) is 0 Å². The van der Waals surface area contributed by atoms with Crippen molar-refractivity contribution in [3.05, 3.63) is 109 Å². The lowest BCUT2D eigenvalue weighted by atomic mass is 10.0. The zero-order valence-corrected chi connectivity index (χ0v) is 26.7. The molecule has 4 rings (SSSR count). The molecule has 4 aromatic rings. The first-order chi connectivity index (χ1) is 18.5. The van der Waals surface area contributed by atoms with Gasteiger partial charge in [-0.05, 0) is 94.6 Å². The zero-order valence-electron chi connectivity index (χ0n) is 23.5. The monoisotopic (exact) mass is 654 g/mol. The minimum Gasteiger partial charge on any atom is -0.487 e. The largest absolute Gasteiger partial charge is 0.487 e. The van der Waals surface area contributed by atoms with E-state index in [0.29, 0.717) is 24.4 Å². The van der Waals surface area contributed by atoms with E-state index in [0.717, 1.165) is 29.5 Å². The summed E-state index contributed by atoms with van der Waals surface area (Å²) in [7, 11) is -2.10. The summed E-state index contributed by atoms with van der Waals surface area (Å²) in [6.45, 7) is 13.3. The fourth-order valence-corrected chi connectivity index (χ4v) is 5.88. The normalized spacial score (nSPS) is 13.0. The Kier molecular flexibility index (Phi) is 9.69. The molecule has 3 aromatic carbocycles. The van der Waals surface area contributed by atoms with Crippen LogP contribution in [0.3, 0.4) is 0 Å². The summed E-state index contributed by atoms with van der Waals surface area (Å²) < 4.78 is 14.4. The summed E-state index contributed by atoms with van der Waals surface area (Å²) in [6, 6.07) is 26.2. The van der Waals surface area contributed by atoms with E-state index >= 15 is 0 Å². The van der Waals surface area contributed by atoms with Gasteiger partial charge >= 0.3 is 0 Å². The second kappa shape index (κ2) is 12.8. The van der Waals surface area contributed by atoms with Crippen molar-refractivity contribution in [3.8, 4) is 5.75 Å². The number of pyridine rings is 1. The molecule has 0 saturated heterocycles. The molecular weight excluding hydrogens is 615 g/mol. The lowest BCUT2D eigenvalue weighted by Crippen LogP contribution is -2.43. The van der Waals surface area contributed by atoms with Gasteiger partial charge in [-0.15, -0.1) is 0 Å². The molecule has 206 valence electrons. The molecule has 0 saturated carbocycles. The van der Waals surface area contributed by atoms with Crippen LogP contribution in [-0.4, -0.2) is 26.4 Å². The summed E-state index contributed by atoms with van der Waals surface area (Å²) in [5.41, 5.74) is 4.00. The number of aromatic nitrogens is 1. The van der Waals surface area contributed by atoms with E-state index in [2.05, 4.69) is 97.1 Å². The van der Waals surface area contributed by atoms with Gasteiger partial charge in [0, 0.05) is 21.6 Å². The molecule has 0 aliphatic carbocycles. The van der Waals surface area contributed by atoms with E-state index in [1.165, 1.54) is 9.13 Å². The number of benzene rings is 3. The van der Waals surface area contributed by atoms with Crippen LogP contribution < -0.4 is 15.6 Å². The van der Waals surface area contributed by atoms with E-state index in [4.69, 9.17) is 9.16 Å². The number of hydrogen-bond acceptors (Lipinski definition) is 4. The number of aromatic amines is 1. The SMILES string of the molecule is CC(C)(C)[Si](C)(C)O[C@H](CNCCc1ccc(I)cc1)c1ccc(OCc2ccccc2)c2[nH]c(=O)ccc12. The molecule has 39 heavy (non-hydrogen) atoms. The summed E-state index contributed by atoms with van der Waals surface area (Å²) >= 11 is 2.33. The first-order valence-electron chi connectivity index (χ1n) is 13.5. The highest BCUT2D eigenvalue weighted by molar-refractivity contribution is 14.1. The molecular formula is C32H39IN2O3Si. The van der Waals surface area contributed by atoms with Crippen molar-refractivity contribution >= 4 is 41.8 Å². The first kappa shape index (κ1) is 29.5. The van der Waals surface area contributed by atoms with Crippen LogP contribution in [0.4, 0.5) is 0 Å². The van der Waals surface area contributed by atoms with Gasteiger partial charge in [0.1, 0.15) is 12.4 Å². The van der Waals surface area contributed by atoms with Gasteiger partial charge in [-0.1, -0.05) is 69.3 Å². The molecule has 0 bridgehead atoms. The smallest absolute Gasteiger partial charge is 0.248 e. The molecule has 0 fully saturated rings. The Morgan fingerprint density at radius 1 is 0.923 bits per heavy atom. The van der Waals surface area contributed by atoms with Crippen molar-refractivity contribution in [1.82, 2.24) is 10.3 Å². The summed E-state index contributed by atoms with van der Waals surface area (Å²) in [5, 5.41) is 4.66. The molecule has 0 radical (unpaired) electrons. The minimum atomic E-state index is -2.10. The summed E-state index contributed by atoms with van der Waals surface area (Å²) in [4.78, 5) is 15.4. The number of hydrogen-bond donors (Lipinski definition) is 2. The fourth-order valence-electron chi connectivity index (χ4n) is 4.25. The molecule has 2 N–H and O–H groups in total. The van der Waals surface area contributed by atoms with Crippen LogP contribution in [-0.2, 0) is 17.5 Å². The van der Waals surface area contributed by atoms with E-state index in [9.17, 15) is 4.79 Å². The Morgan fingerprint density at radius 2 is 1.64 bits per heavy atom. The second-order valence-electron chi connectivity index (χ2n) is 11.5.